The zero-order chi connectivity index (χ0) is 15.8. The van der Waals surface area contributed by atoms with Crippen LogP contribution in [0.25, 0.3) is 0 Å². The summed E-state index contributed by atoms with van der Waals surface area (Å²) in [7, 11) is 2.21. The van der Waals surface area contributed by atoms with E-state index in [2.05, 4.69) is 35.6 Å². The summed E-state index contributed by atoms with van der Waals surface area (Å²) in [6, 6.07) is 0.712. The Morgan fingerprint density at radius 1 is 0.909 bits per heavy atom. The average molecular weight is 312 g/mol. The van der Waals surface area contributed by atoms with E-state index < -0.39 is 0 Å². The molecule has 0 aliphatic carbocycles. The van der Waals surface area contributed by atoms with Crippen LogP contribution in [0.15, 0.2) is 0 Å². The van der Waals surface area contributed by atoms with Crippen molar-refractivity contribution in [2.24, 2.45) is 5.92 Å². The van der Waals surface area contributed by atoms with Gasteiger partial charge in [0.25, 0.3) is 0 Å². The van der Waals surface area contributed by atoms with Crippen LogP contribution >= 0.6 is 0 Å². The number of piperidine rings is 1. The highest BCUT2D eigenvalue weighted by Crippen LogP contribution is 2.20. The van der Waals surface area contributed by atoms with Crippen molar-refractivity contribution < 1.29 is 4.74 Å². The first kappa shape index (κ1) is 18.2. The highest BCUT2D eigenvalue weighted by atomic mass is 16.5. The average Bonchev–Trinajstić information content (AvgIpc) is 2.55. The van der Waals surface area contributed by atoms with Gasteiger partial charge in [-0.25, -0.2) is 0 Å². The summed E-state index contributed by atoms with van der Waals surface area (Å²) in [6.07, 6.45) is 5.39. The molecule has 0 aromatic rings. The molecule has 2 heterocycles. The fraction of sp³-hybridized carbons (Fsp3) is 1.00. The molecule has 0 radical (unpaired) electrons. The Hall–Kier alpha value is -0.160. The van der Waals surface area contributed by atoms with Gasteiger partial charge >= 0.3 is 0 Å². The van der Waals surface area contributed by atoms with E-state index >= 15 is 0 Å². The Bertz CT molecular complexity index is 290. The molecule has 0 saturated carbocycles. The molecule has 22 heavy (non-hydrogen) atoms. The van der Waals surface area contributed by atoms with Gasteiger partial charge in [-0.1, -0.05) is 0 Å². The van der Waals surface area contributed by atoms with Gasteiger partial charge in [-0.2, -0.15) is 0 Å². The van der Waals surface area contributed by atoms with Crippen molar-refractivity contribution in [3.63, 3.8) is 0 Å². The van der Waals surface area contributed by atoms with Crippen molar-refractivity contribution in [3.05, 3.63) is 0 Å². The molecule has 2 rings (SSSR count). The molecule has 0 unspecified atom stereocenters. The van der Waals surface area contributed by atoms with Gasteiger partial charge in [0, 0.05) is 25.7 Å². The molecule has 4 nitrogen and oxygen atoms in total. The second-order valence-electron chi connectivity index (χ2n) is 7.50. The minimum absolute atomic E-state index is 0.712. The van der Waals surface area contributed by atoms with Crippen LogP contribution in [0, 0.1) is 5.92 Å². The smallest absolute Gasteiger partial charge is 0.0594 e. The van der Waals surface area contributed by atoms with E-state index in [-0.39, 0.29) is 0 Å². The molecule has 2 fully saturated rings. The van der Waals surface area contributed by atoms with E-state index in [9.17, 15) is 0 Å². The van der Waals surface area contributed by atoms with E-state index in [4.69, 9.17) is 4.74 Å². The van der Waals surface area contributed by atoms with Crippen LogP contribution in [0.5, 0.6) is 0 Å². The lowest BCUT2D eigenvalue weighted by Gasteiger charge is -2.36. The van der Waals surface area contributed by atoms with Crippen LogP contribution in [0.4, 0.5) is 0 Å². The Kier molecular flexibility index (Phi) is 8.15. The molecule has 4 heteroatoms. The summed E-state index contributed by atoms with van der Waals surface area (Å²) in [5.74, 6) is 0.891. The maximum atomic E-state index is 5.81. The lowest BCUT2D eigenvalue weighted by Crippen LogP contribution is -2.42. The molecule has 0 atom stereocenters. The third-order valence-corrected chi connectivity index (χ3v) is 5.33. The molecule has 0 bridgehead atoms. The van der Waals surface area contributed by atoms with E-state index in [1.807, 2.05) is 0 Å². The molecule has 2 saturated heterocycles. The van der Waals surface area contributed by atoms with Crippen molar-refractivity contribution in [1.29, 1.82) is 0 Å². The van der Waals surface area contributed by atoms with Gasteiger partial charge in [-0.15, -0.1) is 0 Å². The highest BCUT2D eigenvalue weighted by molar-refractivity contribution is 4.77. The van der Waals surface area contributed by atoms with Gasteiger partial charge in [-0.05, 0) is 78.7 Å². The van der Waals surface area contributed by atoms with E-state index in [1.165, 1.54) is 58.4 Å². The van der Waals surface area contributed by atoms with Crippen molar-refractivity contribution in [2.45, 2.75) is 45.6 Å². The Morgan fingerprint density at radius 3 is 2.32 bits per heavy atom. The largest absolute Gasteiger partial charge is 0.379 e. The van der Waals surface area contributed by atoms with Gasteiger partial charge in [0.15, 0.2) is 0 Å². The van der Waals surface area contributed by atoms with Crippen LogP contribution in [-0.4, -0.2) is 86.8 Å². The number of rotatable bonds is 3. The van der Waals surface area contributed by atoms with E-state index in [1.54, 1.807) is 0 Å². The first-order valence-corrected chi connectivity index (χ1v) is 9.38. The van der Waals surface area contributed by atoms with Gasteiger partial charge < -0.3 is 19.4 Å². The predicted octanol–water partition coefficient (Wildman–Crippen LogP) is 2.15. The number of hydrogen-bond donors (Lipinski definition) is 0. The zero-order valence-corrected chi connectivity index (χ0v) is 15.1. The van der Waals surface area contributed by atoms with Crippen molar-refractivity contribution in [3.8, 4) is 0 Å². The van der Waals surface area contributed by atoms with E-state index in [0.717, 1.165) is 32.2 Å². The molecule has 0 spiro atoms. The lowest BCUT2D eigenvalue weighted by molar-refractivity contribution is 0.0783. The summed E-state index contributed by atoms with van der Waals surface area (Å²) in [5.41, 5.74) is 0. The first-order valence-electron chi connectivity index (χ1n) is 9.38. The van der Waals surface area contributed by atoms with Gasteiger partial charge in [-0.3, -0.25) is 0 Å². The monoisotopic (exact) mass is 311 g/mol. The summed E-state index contributed by atoms with van der Waals surface area (Å²) >= 11 is 0. The van der Waals surface area contributed by atoms with Crippen LogP contribution < -0.4 is 0 Å². The second-order valence-corrected chi connectivity index (χ2v) is 7.50. The number of likely N-dealkylation sites (tertiary alicyclic amines) is 1. The SMILES string of the molecule is CC(C)N1CCC(CN2CCCCN(C)CCOCC2)CC1. The van der Waals surface area contributed by atoms with Crippen molar-refractivity contribution >= 4 is 0 Å². The molecule has 0 N–H and O–H groups in total. The molecule has 0 aromatic heterocycles. The highest BCUT2D eigenvalue weighted by Gasteiger charge is 2.22. The summed E-state index contributed by atoms with van der Waals surface area (Å²) in [5, 5.41) is 0. The third kappa shape index (κ3) is 6.53. The van der Waals surface area contributed by atoms with Crippen molar-refractivity contribution in [2.75, 3.05) is 66.1 Å². The summed E-state index contributed by atoms with van der Waals surface area (Å²) in [6.45, 7) is 15.0. The van der Waals surface area contributed by atoms with Crippen LogP contribution in [0.3, 0.4) is 0 Å². The van der Waals surface area contributed by atoms with Crippen LogP contribution in [-0.2, 0) is 4.74 Å². The molecule has 0 aromatic carbocycles. The molecular weight excluding hydrogens is 274 g/mol. The quantitative estimate of drug-likeness (QED) is 0.795. The topological polar surface area (TPSA) is 19.0 Å². The van der Waals surface area contributed by atoms with Gasteiger partial charge in [0.2, 0.25) is 0 Å². The van der Waals surface area contributed by atoms with Crippen molar-refractivity contribution in [1.82, 2.24) is 14.7 Å². The van der Waals surface area contributed by atoms with E-state index in [0.29, 0.717) is 6.04 Å². The normalized spacial score (nSPS) is 26.2. The second kappa shape index (κ2) is 9.86. The number of nitrogens with zero attached hydrogens (tertiary/aromatic N) is 3. The molecule has 2 aliphatic heterocycles. The maximum Gasteiger partial charge on any atom is 0.0594 e. The standard InChI is InChI=1S/C18H37N3O/c1-17(2)21-10-6-18(7-11-21)16-20-9-5-4-8-19(3)12-14-22-15-13-20/h17-18H,4-16H2,1-3H3. The minimum Gasteiger partial charge on any atom is -0.379 e. The lowest BCUT2D eigenvalue weighted by atomic mass is 9.95. The Balaban J connectivity index is 1.72. The Morgan fingerprint density at radius 2 is 1.59 bits per heavy atom. The molecule has 130 valence electrons. The van der Waals surface area contributed by atoms with Gasteiger partial charge in [0.1, 0.15) is 0 Å². The number of ether oxygens (including phenoxy) is 1. The number of hydrogen-bond acceptors (Lipinski definition) is 4. The molecule has 0 amide bonds. The summed E-state index contributed by atoms with van der Waals surface area (Å²) in [4.78, 5) is 7.70. The van der Waals surface area contributed by atoms with Gasteiger partial charge in [0.05, 0.1) is 13.2 Å². The minimum atomic E-state index is 0.712. The molecule has 2 aliphatic rings. The van der Waals surface area contributed by atoms with Crippen LogP contribution in [0.2, 0.25) is 0 Å². The zero-order valence-electron chi connectivity index (χ0n) is 15.1. The van der Waals surface area contributed by atoms with Crippen LogP contribution in [0.1, 0.15) is 39.5 Å². The third-order valence-electron chi connectivity index (χ3n) is 5.33. The maximum absolute atomic E-state index is 5.81. The molecular formula is C18H37N3O. The summed E-state index contributed by atoms with van der Waals surface area (Å²) < 4.78 is 5.81. The number of likely N-dealkylation sites (N-methyl/N-ethyl adjacent to an activating group) is 1. The fourth-order valence-corrected chi connectivity index (χ4v) is 3.66. The first-order chi connectivity index (χ1) is 10.6. The predicted molar refractivity (Wildman–Crippen MR) is 93.4 cm³/mol. The fourth-order valence-electron chi connectivity index (χ4n) is 3.66. The Labute approximate surface area is 137 Å².